The smallest absolute Gasteiger partial charge is 0.119 e. The molecule has 4 nitrogen and oxygen atoms in total. The summed E-state index contributed by atoms with van der Waals surface area (Å²) >= 11 is 1.70. The first-order valence-corrected chi connectivity index (χ1v) is 7.50. The Bertz CT molecular complexity index is 567. The fourth-order valence-electron chi connectivity index (χ4n) is 1.83. The summed E-state index contributed by atoms with van der Waals surface area (Å²) in [7, 11) is 0. The Balaban J connectivity index is 1.84. The molecule has 0 aliphatic heterocycles. The third-order valence-corrected chi connectivity index (χ3v) is 3.71. The summed E-state index contributed by atoms with van der Waals surface area (Å²) in [5.41, 5.74) is 1.37. The highest BCUT2D eigenvalue weighted by atomic mass is 32.1. The number of aromatic nitrogens is 2. The molecule has 0 amide bonds. The van der Waals surface area contributed by atoms with E-state index in [2.05, 4.69) is 21.4 Å². The van der Waals surface area contributed by atoms with E-state index in [1.165, 1.54) is 5.01 Å². The van der Waals surface area contributed by atoms with Crippen LogP contribution in [0.15, 0.2) is 29.9 Å². The van der Waals surface area contributed by atoms with Crippen molar-refractivity contribution in [2.75, 3.05) is 5.32 Å². The van der Waals surface area contributed by atoms with E-state index >= 15 is 0 Å². The standard InChI is InChI=1S/C15H18N4S/c1-15(2,11-16)19-13-7-6-12(18-10-13)4-3-5-14-17-8-9-20-14/h6-10,19H,3-5H2,1-2H3. The maximum Gasteiger partial charge on any atom is 0.119 e. The van der Waals surface area contributed by atoms with Gasteiger partial charge in [0.2, 0.25) is 0 Å². The predicted molar refractivity (Wildman–Crippen MR) is 81.7 cm³/mol. The Labute approximate surface area is 123 Å². The van der Waals surface area contributed by atoms with Gasteiger partial charge in [-0.15, -0.1) is 11.3 Å². The van der Waals surface area contributed by atoms with Crippen molar-refractivity contribution in [3.63, 3.8) is 0 Å². The third-order valence-electron chi connectivity index (χ3n) is 2.87. The summed E-state index contributed by atoms with van der Waals surface area (Å²) in [6.45, 7) is 3.68. The number of hydrogen-bond donors (Lipinski definition) is 1. The molecule has 0 aliphatic carbocycles. The van der Waals surface area contributed by atoms with Crippen molar-refractivity contribution in [3.05, 3.63) is 40.6 Å². The highest BCUT2D eigenvalue weighted by Crippen LogP contribution is 2.15. The van der Waals surface area contributed by atoms with Gasteiger partial charge in [-0.1, -0.05) is 0 Å². The van der Waals surface area contributed by atoms with Gasteiger partial charge in [0, 0.05) is 17.3 Å². The normalized spacial score (nSPS) is 11.1. The molecule has 0 spiro atoms. The zero-order valence-electron chi connectivity index (χ0n) is 11.8. The lowest BCUT2D eigenvalue weighted by molar-refractivity contribution is 0.727. The molecule has 0 saturated heterocycles. The molecule has 2 aromatic rings. The van der Waals surface area contributed by atoms with Crippen LogP contribution >= 0.6 is 11.3 Å². The van der Waals surface area contributed by atoms with Gasteiger partial charge < -0.3 is 5.32 Å². The van der Waals surface area contributed by atoms with Crippen LogP contribution in [0, 0.1) is 11.3 Å². The molecule has 0 unspecified atom stereocenters. The Morgan fingerprint density at radius 3 is 2.75 bits per heavy atom. The molecule has 20 heavy (non-hydrogen) atoms. The van der Waals surface area contributed by atoms with Crippen LogP contribution in [0.25, 0.3) is 0 Å². The van der Waals surface area contributed by atoms with Gasteiger partial charge in [-0.3, -0.25) is 4.98 Å². The number of aryl methyl sites for hydroxylation is 2. The number of hydrogen-bond acceptors (Lipinski definition) is 5. The number of nitrogens with zero attached hydrogens (tertiary/aromatic N) is 3. The van der Waals surface area contributed by atoms with Crippen LogP contribution < -0.4 is 5.32 Å². The van der Waals surface area contributed by atoms with Gasteiger partial charge in [-0.25, -0.2) is 4.98 Å². The Hall–Kier alpha value is -1.93. The average Bonchev–Trinajstić information content (AvgIpc) is 2.94. The topological polar surface area (TPSA) is 61.6 Å². The van der Waals surface area contributed by atoms with Gasteiger partial charge in [0.15, 0.2) is 0 Å². The van der Waals surface area contributed by atoms with Gasteiger partial charge in [-0.2, -0.15) is 5.26 Å². The maximum atomic E-state index is 8.98. The molecule has 1 N–H and O–H groups in total. The van der Waals surface area contributed by atoms with Gasteiger partial charge in [-0.05, 0) is 45.2 Å². The highest BCUT2D eigenvalue weighted by Gasteiger charge is 2.15. The van der Waals surface area contributed by atoms with E-state index in [-0.39, 0.29) is 0 Å². The molecule has 104 valence electrons. The summed E-state index contributed by atoms with van der Waals surface area (Å²) in [5, 5.41) is 15.3. The fourth-order valence-corrected chi connectivity index (χ4v) is 2.49. The summed E-state index contributed by atoms with van der Waals surface area (Å²) in [6.07, 6.45) is 6.63. The van der Waals surface area contributed by atoms with Crippen LogP contribution in [0.5, 0.6) is 0 Å². The molecule has 2 heterocycles. The van der Waals surface area contributed by atoms with Crippen LogP contribution in [-0.4, -0.2) is 15.5 Å². The van der Waals surface area contributed by atoms with Crippen LogP contribution in [0.1, 0.15) is 31.0 Å². The molecular formula is C15H18N4S. The summed E-state index contributed by atoms with van der Waals surface area (Å²) in [4.78, 5) is 8.70. The number of nitriles is 1. The Morgan fingerprint density at radius 2 is 2.15 bits per heavy atom. The van der Waals surface area contributed by atoms with Crippen molar-refractivity contribution in [3.8, 4) is 6.07 Å². The molecule has 0 saturated carbocycles. The van der Waals surface area contributed by atoms with Gasteiger partial charge in [0.25, 0.3) is 0 Å². The van der Waals surface area contributed by atoms with Gasteiger partial charge in [0.05, 0.1) is 23.0 Å². The fraction of sp³-hybridized carbons (Fsp3) is 0.400. The van der Waals surface area contributed by atoms with Crippen LogP contribution in [-0.2, 0) is 12.8 Å². The molecule has 0 aliphatic rings. The lowest BCUT2D eigenvalue weighted by atomic mass is 10.1. The average molecular weight is 286 g/mol. The third kappa shape index (κ3) is 4.32. The van der Waals surface area contributed by atoms with E-state index in [0.29, 0.717) is 0 Å². The predicted octanol–water partition coefficient (Wildman–Crippen LogP) is 3.43. The van der Waals surface area contributed by atoms with Crippen LogP contribution in [0.4, 0.5) is 5.69 Å². The Morgan fingerprint density at radius 1 is 1.30 bits per heavy atom. The largest absolute Gasteiger partial charge is 0.367 e. The minimum absolute atomic E-state index is 0.575. The zero-order valence-corrected chi connectivity index (χ0v) is 12.6. The van der Waals surface area contributed by atoms with Crippen molar-refractivity contribution >= 4 is 17.0 Å². The molecule has 0 fully saturated rings. The van der Waals surface area contributed by atoms with Crippen LogP contribution in [0.3, 0.4) is 0 Å². The summed E-state index contributed by atoms with van der Waals surface area (Å²) in [5.74, 6) is 0. The quantitative estimate of drug-likeness (QED) is 0.883. The number of nitrogens with one attached hydrogen (secondary N) is 1. The number of rotatable bonds is 6. The minimum Gasteiger partial charge on any atom is -0.367 e. The first-order chi connectivity index (χ1) is 9.59. The first kappa shape index (κ1) is 14.5. The molecular weight excluding hydrogens is 268 g/mol. The second-order valence-electron chi connectivity index (χ2n) is 5.18. The highest BCUT2D eigenvalue weighted by molar-refractivity contribution is 7.09. The second-order valence-corrected chi connectivity index (χ2v) is 6.16. The second kappa shape index (κ2) is 6.49. The molecule has 0 atom stereocenters. The van der Waals surface area contributed by atoms with E-state index in [1.807, 2.05) is 37.6 Å². The van der Waals surface area contributed by atoms with E-state index in [0.717, 1.165) is 30.6 Å². The van der Waals surface area contributed by atoms with Crippen LogP contribution in [0.2, 0.25) is 0 Å². The zero-order chi connectivity index (χ0) is 14.4. The first-order valence-electron chi connectivity index (χ1n) is 6.62. The van der Waals surface area contributed by atoms with Crippen molar-refractivity contribution in [2.24, 2.45) is 0 Å². The molecule has 5 heteroatoms. The number of thiazole rings is 1. The lowest BCUT2D eigenvalue weighted by Crippen LogP contribution is -2.28. The van der Waals surface area contributed by atoms with Crippen molar-refractivity contribution < 1.29 is 0 Å². The minimum atomic E-state index is -0.575. The van der Waals surface area contributed by atoms with Crippen molar-refractivity contribution in [1.82, 2.24) is 9.97 Å². The van der Waals surface area contributed by atoms with E-state index < -0.39 is 5.54 Å². The van der Waals surface area contributed by atoms with E-state index in [1.54, 1.807) is 17.5 Å². The van der Waals surface area contributed by atoms with Crippen molar-refractivity contribution in [2.45, 2.75) is 38.6 Å². The van der Waals surface area contributed by atoms with Gasteiger partial charge in [0.1, 0.15) is 5.54 Å². The molecule has 2 rings (SSSR count). The van der Waals surface area contributed by atoms with E-state index in [4.69, 9.17) is 5.26 Å². The monoisotopic (exact) mass is 286 g/mol. The number of anilines is 1. The summed E-state index contributed by atoms with van der Waals surface area (Å²) in [6, 6.07) is 6.20. The molecule has 0 aromatic carbocycles. The Kier molecular flexibility index (Phi) is 4.70. The SMILES string of the molecule is CC(C)(C#N)Nc1ccc(CCCc2nccs2)nc1. The molecule has 2 aromatic heterocycles. The number of pyridine rings is 1. The van der Waals surface area contributed by atoms with E-state index in [9.17, 15) is 0 Å². The van der Waals surface area contributed by atoms with Gasteiger partial charge >= 0.3 is 0 Å². The molecule has 0 bridgehead atoms. The molecule has 0 radical (unpaired) electrons. The lowest BCUT2D eigenvalue weighted by Gasteiger charge is -2.18. The van der Waals surface area contributed by atoms with Crippen molar-refractivity contribution in [1.29, 1.82) is 5.26 Å². The summed E-state index contributed by atoms with van der Waals surface area (Å²) < 4.78 is 0. The maximum absolute atomic E-state index is 8.98.